The van der Waals surface area contributed by atoms with Gasteiger partial charge >= 0.3 is 6.18 Å². The molecule has 0 saturated carbocycles. The molecule has 0 spiro atoms. The number of hydrogen-bond acceptors (Lipinski definition) is 2. The monoisotopic (exact) mass is 423 g/mol. The minimum absolute atomic E-state index is 0.115. The van der Waals surface area contributed by atoms with Gasteiger partial charge in [-0.1, -0.05) is 30.3 Å². The van der Waals surface area contributed by atoms with E-state index < -0.39 is 52.0 Å². The second-order valence-corrected chi connectivity index (χ2v) is 6.82. The minimum Gasteiger partial charge on any atom is -0.376 e. The van der Waals surface area contributed by atoms with Crippen molar-refractivity contribution in [1.82, 2.24) is 0 Å². The highest BCUT2D eigenvalue weighted by molar-refractivity contribution is 5.95. The average molecular weight is 423 g/mol. The fourth-order valence-electron chi connectivity index (χ4n) is 2.34. The highest BCUT2D eigenvalue weighted by Crippen LogP contribution is 2.38. The van der Waals surface area contributed by atoms with E-state index in [1.807, 2.05) is 0 Å². The summed E-state index contributed by atoms with van der Waals surface area (Å²) in [5.74, 6) is -11.1. The summed E-state index contributed by atoms with van der Waals surface area (Å²) in [6, 6.07) is 8.81. The van der Waals surface area contributed by atoms with Crippen LogP contribution in [0.2, 0.25) is 0 Å². The molecule has 0 unspecified atom stereocenters. The Labute approximate surface area is 161 Å². The van der Waals surface area contributed by atoms with Gasteiger partial charge < -0.3 is 10.1 Å². The Kier molecular flexibility index (Phi) is 6.56. The van der Waals surface area contributed by atoms with Crippen molar-refractivity contribution in [2.45, 2.75) is 26.6 Å². The molecule has 0 saturated heterocycles. The Bertz CT molecular complexity index is 867. The van der Waals surface area contributed by atoms with Gasteiger partial charge in [0.15, 0.2) is 23.3 Å². The lowest BCUT2D eigenvalue weighted by Crippen LogP contribution is -2.35. The largest absolute Gasteiger partial charge is 0.422 e. The molecule has 2 aromatic rings. The van der Waals surface area contributed by atoms with Crippen LogP contribution in [0.1, 0.15) is 25.0 Å². The van der Waals surface area contributed by atoms with Gasteiger partial charge in [0.05, 0.1) is 18.6 Å². The van der Waals surface area contributed by atoms with E-state index in [9.17, 15) is 35.5 Å². The van der Waals surface area contributed by atoms with Crippen LogP contribution in [-0.2, 0) is 22.3 Å². The van der Waals surface area contributed by atoms with Gasteiger partial charge in [0, 0.05) is 0 Å². The van der Waals surface area contributed by atoms with Gasteiger partial charge in [0.25, 0.3) is 0 Å². The van der Waals surface area contributed by atoms with E-state index in [1.165, 1.54) is 13.8 Å². The molecular weight excluding hydrogens is 407 g/mol. The number of hydrogen-bond donors (Lipinski definition) is 1. The Morgan fingerprint density at radius 1 is 0.931 bits per heavy atom. The first-order valence-corrected chi connectivity index (χ1v) is 8.22. The summed E-state index contributed by atoms with van der Waals surface area (Å²) < 4.78 is 98.4. The molecule has 0 atom stereocenters. The number of benzene rings is 2. The van der Waals surface area contributed by atoms with Crippen molar-refractivity contribution in [3.8, 4) is 0 Å². The third-order valence-corrected chi connectivity index (χ3v) is 3.97. The number of amides is 1. The summed E-state index contributed by atoms with van der Waals surface area (Å²) in [5.41, 5.74) is -5.00. The first kappa shape index (κ1) is 22.7. The molecule has 0 bridgehead atoms. The summed E-state index contributed by atoms with van der Waals surface area (Å²) in [6.45, 7) is 2.51. The maximum atomic E-state index is 13.9. The molecule has 158 valence electrons. The van der Waals surface area contributed by atoms with E-state index in [1.54, 1.807) is 35.6 Å². The number of carbonyl (C=O) groups is 1. The van der Waals surface area contributed by atoms with Crippen LogP contribution in [0.15, 0.2) is 30.3 Å². The van der Waals surface area contributed by atoms with Crippen molar-refractivity contribution in [3.05, 3.63) is 64.7 Å². The highest BCUT2D eigenvalue weighted by atomic mass is 19.4. The number of nitrogens with one attached hydrogen (secondary N) is 1. The van der Waals surface area contributed by atoms with Crippen LogP contribution < -0.4 is 5.32 Å². The Morgan fingerprint density at radius 3 is 1.93 bits per heavy atom. The normalized spacial score (nSPS) is 12.2. The van der Waals surface area contributed by atoms with Crippen LogP contribution in [-0.4, -0.2) is 12.5 Å². The van der Waals surface area contributed by atoms with Gasteiger partial charge in [0.2, 0.25) is 5.91 Å². The fraction of sp³-hybridized carbons (Fsp3) is 0.316. The third-order valence-electron chi connectivity index (χ3n) is 3.97. The molecule has 2 rings (SSSR count). The zero-order valence-corrected chi connectivity index (χ0v) is 15.3. The quantitative estimate of drug-likeness (QED) is 0.496. The molecule has 1 N–H and O–H groups in total. The molecular formula is C19H16F7NO2. The molecule has 29 heavy (non-hydrogen) atoms. The summed E-state index contributed by atoms with van der Waals surface area (Å²) in [7, 11) is 0. The summed E-state index contributed by atoms with van der Waals surface area (Å²) in [5, 5.41) is 1.61. The Balaban J connectivity index is 2.19. The fourth-order valence-corrected chi connectivity index (χ4v) is 2.34. The minimum atomic E-state index is -5.66. The lowest BCUT2D eigenvalue weighted by atomic mass is 9.93. The van der Waals surface area contributed by atoms with Crippen LogP contribution in [0, 0.1) is 28.7 Å². The molecule has 0 heterocycles. The molecule has 1 amide bonds. The predicted octanol–water partition coefficient (Wildman–Crippen LogP) is 5.44. The van der Waals surface area contributed by atoms with Crippen molar-refractivity contribution in [2.75, 3.05) is 11.9 Å². The molecule has 0 fully saturated rings. The van der Waals surface area contributed by atoms with Crippen LogP contribution in [0.3, 0.4) is 0 Å². The van der Waals surface area contributed by atoms with E-state index in [0.29, 0.717) is 0 Å². The zero-order valence-electron chi connectivity index (χ0n) is 15.3. The standard InChI is InChI=1S/C19H16F7NO2/c1-18(2,9-29-8-10-6-4-3-5-7-10)17(28)27-16-14(22)12(20)11(19(24,25)26)13(21)15(16)23/h3-7H,8-9H2,1-2H3,(H,27,28). The van der Waals surface area contributed by atoms with E-state index in [0.717, 1.165) is 5.56 Å². The second kappa shape index (κ2) is 8.40. The number of anilines is 1. The van der Waals surface area contributed by atoms with E-state index in [-0.39, 0.29) is 13.2 Å². The molecule has 0 radical (unpaired) electrons. The number of ether oxygens (including phenoxy) is 1. The number of halogens is 7. The van der Waals surface area contributed by atoms with Gasteiger partial charge in [-0.05, 0) is 19.4 Å². The van der Waals surface area contributed by atoms with Crippen molar-refractivity contribution in [1.29, 1.82) is 0 Å². The molecule has 0 aliphatic heterocycles. The van der Waals surface area contributed by atoms with Gasteiger partial charge in [0.1, 0.15) is 11.3 Å². The highest BCUT2D eigenvalue weighted by Gasteiger charge is 2.43. The van der Waals surface area contributed by atoms with Gasteiger partial charge in [-0.25, -0.2) is 17.6 Å². The van der Waals surface area contributed by atoms with Gasteiger partial charge in [-0.2, -0.15) is 13.2 Å². The number of alkyl halides is 3. The van der Waals surface area contributed by atoms with Crippen molar-refractivity contribution in [2.24, 2.45) is 5.41 Å². The maximum Gasteiger partial charge on any atom is 0.422 e. The Morgan fingerprint density at radius 2 is 1.45 bits per heavy atom. The zero-order chi connectivity index (χ0) is 22.0. The summed E-state index contributed by atoms with van der Waals surface area (Å²) in [6.07, 6.45) is -5.66. The summed E-state index contributed by atoms with van der Waals surface area (Å²) in [4.78, 5) is 12.3. The topological polar surface area (TPSA) is 38.3 Å². The van der Waals surface area contributed by atoms with E-state index in [4.69, 9.17) is 4.74 Å². The van der Waals surface area contributed by atoms with Crippen molar-refractivity contribution >= 4 is 11.6 Å². The van der Waals surface area contributed by atoms with Crippen LogP contribution in [0.25, 0.3) is 0 Å². The van der Waals surface area contributed by atoms with Crippen molar-refractivity contribution < 1.29 is 40.3 Å². The first-order valence-electron chi connectivity index (χ1n) is 8.22. The van der Waals surface area contributed by atoms with E-state index >= 15 is 0 Å². The lowest BCUT2D eigenvalue weighted by Gasteiger charge is -2.24. The van der Waals surface area contributed by atoms with Crippen molar-refractivity contribution in [3.63, 3.8) is 0 Å². The lowest BCUT2D eigenvalue weighted by molar-refractivity contribution is -0.143. The predicted molar refractivity (Wildman–Crippen MR) is 89.8 cm³/mol. The molecule has 0 aromatic heterocycles. The van der Waals surface area contributed by atoms with Crippen LogP contribution in [0.4, 0.5) is 36.4 Å². The first-order chi connectivity index (χ1) is 13.4. The SMILES string of the molecule is CC(C)(COCc1ccccc1)C(=O)Nc1c(F)c(F)c(C(F)(F)F)c(F)c1F. The molecule has 3 nitrogen and oxygen atoms in total. The van der Waals surface area contributed by atoms with Gasteiger partial charge in [-0.3, -0.25) is 4.79 Å². The Hall–Kier alpha value is -2.62. The third kappa shape index (κ3) is 5.06. The molecule has 0 aliphatic rings. The second-order valence-electron chi connectivity index (χ2n) is 6.82. The van der Waals surface area contributed by atoms with E-state index in [2.05, 4.69) is 0 Å². The number of carbonyl (C=O) groups excluding carboxylic acids is 1. The average Bonchev–Trinajstić information content (AvgIpc) is 2.63. The molecule has 0 aliphatic carbocycles. The number of rotatable bonds is 6. The van der Waals surface area contributed by atoms with Crippen LogP contribution >= 0.6 is 0 Å². The smallest absolute Gasteiger partial charge is 0.376 e. The van der Waals surface area contributed by atoms with Gasteiger partial charge in [-0.15, -0.1) is 0 Å². The summed E-state index contributed by atoms with van der Waals surface area (Å²) >= 11 is 0. The maximum absolute atomic E-state index is 13.9. The molecule has 10 heteroatoms. The molecule has 2 aromatic carbocycles. The van der Waals surface area contributed by atoms with Crippen LogP contribution in [0.5, 0.6) is 0 Å².